The van der Waals surface area contributed by atoms with Crippen LogP contribution in [-0.4, -0.2) is 65.5 Å². The predicted molar refractivity (Wildman–Crippen MR) is 126 cm³/mol. The minimum Gasteiger partial charge on any atom is -0.337 e. The Morgan fingerprint density at radius 1 is 1.03 bits per heavy atom. The van der Waals surface area contributed by atoms with Crippen LogP contribution in [0.15, 0.2) is 52.7 Å². The number of carbonyl (C=O) groups is 2. The van der Waals surface area contributed by atoms with E-state index in [2.05, 4.69) is 9.98 Å². The van der Waals surface area contributed by atoms with Gasteiger partial charge in [0.25, 0.3) is 11.8 Å². The van der Waals surface area contributed by atoms with E-state index in [-0.39, 0.29) is 61.3 Å². The Labute approximate surface area is 210 Å². The highest BCUT2D eigenvalue weighted by molar-refractivity contribution is 6.45. The Morgan fingerprint density at radius 3 is 2.32 bits per heavy atom. The minimum absolute atomic E-state index is 0.127. The monoisotopic (exact) mass is 520 g/mol. The second kappa shape index (κ2) is 10.4. The van der Waals surface area contributed by atoms with Crippen molar-refractivity contribution in [2.75, 3.05) is 33.2 Å². The zero-order chi connectivity index (χ0) is 26.9. The molecule has 0 spiro atoms. The molecule has 3 heterocycles. The number of carbonyl (C=O) groups excluding carboxylic acids is 2. The van der Waals surface area contributed by atoms with Crippen molar-refractivity contribution < 1.29 is 31.5 Å². The van der Waals surface area contributed by atoms with Crippen LogP contribution in [0.4, 0.5) is 22.0 Å². The van der Waals surface area contributed by atoms with E-state index < -0.39 is 29.3 Å². The van der Waals surface area contributed by atoms with Crippen LogP contribution in [-0.2, 0) is 11.0 Å². The van der Waals surface area contributed by atoms with Crippen molar-refractivity contribution in [1.82, 2.24) is 14.8 Å². The maximum Gasteiger partial charge on any atom is 0.419 e. The molecule has 2 amide bonds. The van der Waals surface area contributed by atoms with Gasteiger partial charge in [0.05, 0.1) is 5.56 Å². The Hall–Kier alpha value is -3.63. The van der Waals surface area contributed by atoms with Crippen LogP contribution in [0.2, 0.25) is 0 Å². The zero-order valence-electron chi connectivity index (χ0n) is 20.3. The quantitative estimate of drug-likeness (QED) is 0.436. The third-order valence-electron chi connectivity index (χ3n) is 6.81. The Bertz CT molecular complexity index is 1270. The van der Waals surface area contributed by atoms with Crippen molar-refractivity contribution >= 4 is 17.5 Å². The van der Waals surface area contributed by atoms with Gasteiger partial charge in [-0.1, -0.05) is 12.1 Å². The molecule has 2 aromatic rings. The van der Waals surface area contributed by atoms with Gasteiger partial charge in [-0.2, -0.15) is 13.2 Å². The third kappa shape index (κ3) is 5.26. The zero-order valence-corrected chi connectivity index (χ0v) is 20.3. The number of alkyl halides is 3. The molecule has 2 aliphatic heterocycles. The van der Waals surface area contributed by atoms with Crippen LogP contribution < -0.4 is 0 Å². The Balaban J connectivity index is 1.46. The number of benzene rings is 1. The number of hydrogen-bond donors (Lipinski definition) is 0. The summed E-state index contributed by atoms with van der Waals surface area (Å²) in [6, 6.07) is 6.70. The van der Waals surface area contributed by atoms with E-state index in [1.54, 1.807) is 23.1 Å². The first kappa shape index (κ1) is 26.4. The molecule has 0 bridgehead atoms. The molecule has 1 saturated heterocycles. The van der Waals surface area contributed by atoms with Gasteiger partial charge in [-0.3, -0.25) is 19.6 Å². The summed E-state index contributed by atoms with van der Waals surface area (Å²) in [5, 5.41) is 0. The SMILES string of the molecule is CN=C(C(=O)N1CCC(c2ccc(F)c(F)c2C(F)(F)F)CC1)C1=C(C)CN(C(=O)c2ccccn2)C1. The summed E-state index contributed by atoms with van der Waals surface area (Å²) >= 11 is 0. The van der Waals surface area contributed by atoms with Gasteiger partial charge in [0.2, 0.25) is 0 Å². The normalized spacial score (nSPS) is 17.5. The van der Waals surface area contributed by atoms with Crippen LogP contribution >= 0.6 is 0 Å². The number of likely N-dealkylation sites (tertiary alicyclic amines) is 1. The molecule has 6 nitrogen and oxygen atoms in total. The second-order valence-electron chi connectivity index (χ2n) is 9.10. The van der Waals surface area contributed by atoms with Crippen molar-refractivity contribution in [2.45, 2.75) is 31.9 Å². The second-order valence-corrected chi connectivity index (χ2v) is 9.10. The van der Waals surface area contributed by atoms with Gasteiger partial charge in [-0.25, -0.2) is 8.78 Å². The van der Waals surface area contributed by atoms with Gasteiger partial charge in [0.15, 0.2) is 11.6 Å². The molecular formula is C26H25F5N4O2. The first-order valence-corrected chi connectivity index (χ1v) is 11.7. The van der Waals surface area contributed by atoms with E-state index >= 15 is 0 Å². The lowest BCUT2D eigenvalue weighted by atomic mass is 9.85. The van der Waals surface area contributed by atoms with Crippen LogP contribution in [0.3, 0.4) is 0 Å². The van der Waals surface area contributed by atoms with Crippen LogP contribution in [0, 0.1) is 11.6 Å². The lowest BCUT2D eigenvalue weighted by molar-refractivity contribution is -0.141. The summed E-state index contributed by atoms with van der Waals surface area (Å²) in [5.41, 5.74) is 0.0217. The van der Waals surface area contributed by atoms with Crippen molar-refractivity contribution in [3.63, 3.8) is 0 Å². The molecule has 1 fully saturated rings. The fraction of sp³-hybridized carbons (Fsp3) is 0.385. The van der Waals surface area contributed by atoms with E-state index in [4.69, 9.17) is 0 Å². The number of aromatic nitrogens is 1. The molecule has 11 heteroatoms. The number of aliphatic imine (C=N–C) groups is 1. The summed E-state index contributed by atoms with van der Waals surface area (Å²) in [4.78, 5) is 37.5. The number of amides is 2. The molecule has 0 N–H and O–H groups in total. The van der Waals surface area contributed by atoms with Gasteiger partial charge >= 0.3 is 6.18 Å². The Kier molecular flexibility index (Phi) is 7.42. The van der Waals surface area contributed by atoms with Crippen molar-refractivity contribution in [3.8, 4) is 0 Å². The molecular weight excluding hydrogens is 495 g/mol. The smallest absolute Gasteiger partial charge is 0.337 e. The van der Waals surface area contributed by atoms with Crippen LogP contribution in [0.25, 0.3) is 0 Å². The van der Waals surface area contributed by atoms with Crippen LogP contribution in [0.5, 0.6) is 0 Å². The maximum atomic E-state index is 14.1. The number of rotatable bonds is 4. The fourth-order valence-electron chi connectivity index (χ4n) is 4.93. The fourth-order valence-corrected chi connectivity index (χ4v) is 4.93. The molecule has 0 atom stereocenters. The highest BCUT2D eigenvalue weighted by Crippen LogP contribution is 2.41. The molecule has 0 radical (unpaired) electrons. The van der Waals surface area contributed by atoms with E-state index in [1.165, 1.54) is 18.1 Å². The highest BCUT2D eigenvalue weighted by atomic mass is 19.4. The van der Waals surface area contributed by atoms with Crippen molar-refractivity contribution in [1.29, 1.82) is 0 Å². The summed E-state index contributed by atoms with van der Waals surface area (Å²) in [6.45, 7) is 2.56. The lowest BCUT2D eigenvalue weighted by Gasteiger charge is -2.33. The highest BCUT2D eigenvalue weighted by Gasteiger charge is 2.41. The molecule has 2 aliphatic rings. The number of piperidine rings is 1. The standard InChI is InChI=1S/C26H25F5N4O2/c1-15-13-35(24(36)20-5-3-4-10-33-20)14-18(15)23(32-2)25(37)34-11-8-16(9-12-34)17-6-7-19(27)22(28)21(17)26(29,30)31/h3-7,10,16H,8-9,11-14H2,1-2H3. The van der Waals surface area contributed by atoms with Crippen molar-refractivity contribution in [2.24, 2.45) is 4.99 Å². The van der Waals surface area contributed by atoms with E-state index in [9.17, 15) is 31.5 Å². The number of nitrogens with zero attached hydrogens (tertiary/aromatic N) is 4. The number of hydrogen-bond acceptors (Lipinski definition) is 4. The molecule has 196 valence electrons. The average molecular weight is 521 g/mol. The van der Waals surface area contributed by atoms with Crippen molar-refractivity contribution in [3.05, 3.63) is 76.1 Å². The first-order chi connectivity index (χ1) is 17.5. The van der Waals surface area contributed by atoms with Gasteiger partial charge in [-0.15, -0.1) is 0 Å². The molecule has 4 rings (SSSR count). The minimum atomic E-state index is -5.04. The Morgan fingerprint density at radius 2 is 1.73 bits per heavy atom. The largest absolute Gasteiger partial charge is 0.419 e. The molecule has 1 aromatic heterocycles. The molecule has 0 aliphatic carbocycles. The third-order valence-corrected chi connectivity index (χ3v) is 6.81. The summed E-state index contributed by atoms with van der Waals surface area (Å²) < 4.78 is 68.0. The summed E-state index contributed by atoms with van der Waals surface area (Å²) in [7, 11) is 1.47. The molecule has 37 heavy (non-hydrogen) atoms. The summed E-state index contributed by atoms with van der Waals surface area (Å²) in [5.74, 6) is -4.80. The first-order valence-electron chi connectivity index (χ1n) is 11.7. The van der Waals surface area contributed by atoms with Crippen LogP contribution in [0.1, 0.15) is 47.3 Å². The number of pyridine rings is 1. The summed E-state index contributed by atoms with van der Waals surface area (Å²) in [6.07, 6.45) is -3.21. The average Bonchev–Trinajstić information content (AvgIpc) is 3.26. The van der Waals surface area contributed by atoms with Gasteiger partial charge in [0.1, 0.15) is 11.4 Å². The maximum absolute atomic E-state index is 14.1. The molecule has 0 unspecified atom stereocenters. The van der Waals surface area contributed by atoms with E-state index in [0.29, 0.717) is 18.2 Å². The lowest BCUT2D eigenvalue weighted by Crippen LogP contribution is -2.43. The number of halogens is 5. The molecule has 1 aromatic carbocycles. The van der Waals surface area contributed by atoms with E-state index in [1.807, 2.05) is 6.92 Å². The van der Waals surface area contributed by atoms with Gasteiger partial charge < -0.3 is 9.80 Å². The van der Waals surface area contributed by atoms with E-state index in [0.717, 1.165) is 11.6 Å². The molecule has 0 saturated carbocycles. The topological polar surface area (TPSA) is 65.9 Å². The van der Waals surface area contributed by atoms with Gasteiger partial charge in [-0.05, 0) is 55.0 Å². The predicted octanol–water partition coefficient (Wildman–Crippen LogP) is 4.63. The van der Waals surface area contributed by atoms with Gasteiger partial charge in [0, 0.05) is 45.0 Å².